The van der Waals surface area contributed by atoms with Gasteiger partial charge in [-0.1, -0.05) is 84.9 Å². The molecule has 0 aliphatic carbocycles. The number of aromatic hydroxyl groups is 1. The SMILES string of the molecule is N#Cc1ccc(-c2ccc(-c3cc(-n4c5ccccc5c5ccccc54)ccc3O)cc2)c(-n2c3ccccc3c3cc(C#N)ccc32)c1. The molecule has 5 heteroatoms. The number of benzene rings is 7. The van der Waals surface area contributed by atoms with Crippen LogP contribution in [0.2, 0.25) is 0 Å². The van der Waals surface area contributed by atoms with Crippen LogP contribution in [0.15, 0.2) is 152 Å². The highest BCUT2D eigenvalue weighted by Gasteiger charge is 2.18. The molecule has 0 aliphatic heterocycles. The van der Waals surface area contributed by atoms with Gasteiger partial charge in [-0.25, -0.2) is 0 Å². The number of nitrogens with zero attached hydrogens (tertiary/aromatic N) is 4. The topological polar surface area (TPSA) is 77.7 Å². The third-order valence-electron chi connectivity index (χ3n) is 9.49. The second kappa shape index (κ2) is 11.0. The number of phenols is 1. The lowest BCUT2D eigenvalue weighted by Crippen LogP contribution is -1.98. The van der Waals surface area contributed by atoms with Gasteiger partial charge < -0.3 is 14.2 Å². The number of aromatic nitrogens is 2. The van der Waals surface area contributed by atoms with E-state index in [1.807, 2.05) is 72.8 Å². The van der Waals surface area contributed by atoms with E-state index in [0.29, 0.717) is 11.1 Å². The zero-order valence-electron chi connectivity index (χ0n) is 26.2. The van der Waals surface area contributed by atoms with E-state index in [9.17, 15) is 15.6 Å². The Hall–Kier alpha value is -7.08. The number of nitriles is 2. The molecule has 0 radical (unpaired) electrons. The molecule has 7 aromatic carbocycles. The molecule has 0 unspecified atom stereocenters. The first kappa shape index (κ1) is 28.2. The van der Waals surface area contributed by atoms with Gasteiger partial charge in [0.1, 0.15) is 5.75 Å². The lowest BCUT2D eigenvalue weighted by atomic mass is 9.97. The maximum Gasteiger partial charge on any atom is 0.123 e. The van der Waals surface area contributed by atoms with Crippen molar-refractivity contribution in [1.82, 2.24) is 9.13 Å². The molecule has 9 rings (SSSR count). The molecule has 0 fully saturated rings. The van der Waals surface area contributed by atoms with E-state index in [0.717, 1.165) is 66.5 Å². The molecule has 0 amide bonds. The van der Waals surface area contributed by atoms with Crippen molar-refractivity contribution in [2.45, 2.75) is 0 Å². The number of hydrogen-bond donors (Lipinski definition) is 1. The highest BCUT2D eigenvalue weighted by atomic mass is 16.3. The van der Waals surface area contributed by atoms with Gasteiger partial charge >= 0.3 is 0 Å². The molecule has 9 aromatic rings. The molecular weight excluding hydrogens is 601 g/mol. The molecule has 228 valence electrons. The number of fused-ring (bicyclic) bond motifs is 6. The fourth-order valence-corrected chi connectivity index (χ4v) is 7.26. The van der Waals surface area contributed by atoms with Gasteiger partial charge in [0.05, 0.1) is 51.0 Å². The molecule has 2 heterocycles. The molecule has 1 N–H and O–H groups in total. The summed E-state index contributed by atoms with van der Waals surface area (Å²) in [6.45, 7) is 0. The lowest BCUT2D eigenvalue weighted by Gasteiger charge is -2.16. The van der Waals surface area contributed by atoms with Crippen LogP contribution >= 0.6 is 0 Å². The number of hydrogen-bond acceptors (Lipinski definition) is 3. The Kier molecular flexibility index (Phi) is 6.34. The van der Waals surface area contributed by atoms with Crippen molar-refractivity contribution in [3.8, 4) is 51.5 Å². The Morgan fingerprint density at radius 1 is 0.429 bits per heavy atom. The van der Waals surface area contributed by atoms with Crippen LogP contribution in [0.4, 0.5) is 0 Å². The van der Waals surface area contributed by atoms with Crippen LogP contribution < -0.4 is 0 Å². The van der Waals surface area contributed by atoms with Crippen LogP contribution in [0, 0.1) is 22.7 Å². The number of para-hydroxylation sites is 3. The summed E-state index contributed by atoms with van der Waals surface area (Å²) in [6.07, 6.45) is 0. The van der Waals surface area contributed by atoms with Gasteiger partial charge in [0.25, 0.3) is 0 Å². The Balaban J connectivity index is 1.18. The Labute approximate surface area is 282 Å². The second-order valence-electron chi connectivity index (χ2n) is 12.2. The van der Waals surface area contributed by atoms with Crippen LogP contribution in [-0.2, 0) is 0 Å². The molecule has 0 spiro atoms. The summed E-state index contributed by atoms with van der Waals surface area (Å²) >= 11 is 0. The molecule has 0 atom stereocenters. The van der Waals surface area contributed by atoms with Gasteiger partial charge in [0.15, 0.2) is 0 Å². The number of phenolic OH excluding ortho intramolecular Hbond substituents is 1. The van der Waals surface area contributed by atoms with Crippen molar-refractivity contribution in [3.05, 3.63) is 163 Å². The fraction of sp³-hybridized carbons (Fsp3) is 0. The Morgan fingerprint density at radius 2 is 0.939 bits per heavy atom. The van der Waals surface area contributed by atoms with E-state index in [1.165, 1.54) is 10.8 Å². The van der Waals surface area contributed by atoms with Gasteiger partial charge in [0.2, 0.25) is 0 Å². The molecule has 0 bridgehead atoms. The summed E-state index contributed by atoms with van der Waals surface area (Å²) in [5.74, 6) is 0.207. The first-order valence-corrected chi connectivity index (χ1v) is 16.0. The summed E-state index contributed by atoms with van der Waals surface area (Å²) in [6, 6.07) is 55.0. The molecule has 2 aromatic heterocycles. The fourth-order valence-electron chi connectivity index (χ4n) is 7.26. The van der Waals surface area contributed by atoms with Crippen LogP contribution in [0.25, 0.3) is 77.2 Å². The van der Waals surface area contributed by atoms with Crippen molar-refractivity contribution in [2.24, 2.45) is 0 Å². The standard InChI is InChI=1S/C44H26N4O/c45-26-28-14-21-42-38(23-28)36-9-3-6-12-41(36)48(42)43-24-29(27-46)13-20-33(43)30-15-17-31(18-16-30)37-25-32(19-22-44(37)49)47-39-10-4-1-7-34(39)35-8-2-5-11-40(35)47/h1-25,49H. The predicted molar refractivity (Wildman–Crippen MR) is 197 cm³/mol. The summed E-state index contributed by atoms with van der Waals surface area (Å²) in [7, 11) is 0. The molecule has 5 nitrogen and oxygen atoms in total. The lowest BCUT2D eigenvalue weighted by molar-refractivity contribution is 0.477. The van der Waals surface area contributed by atoms with E-state index in [1.54, 1.807) is 6.07 Å². The van der Waals surface area contributed by atoms with E-state index < -0.39 is 0 Å². The average molecular weight is 627 g/mol. The normalized spacial score (nSPS) is 11.3. The minimum atomic E-state index is 0.207. The predicted octanol–water partition coefficient (Wildman–Crippen LogP) is 10.7. The Morgan fingerprint density at radius 3 is 1.57 bits per heavy atom. The molecule has 49 heavy (non-hydrogen) atoms. The van der Waals surface area contributed by atoms with E-state index in [4.69, 9.17) is 0 Å². The third kappa shape index (κ3) is 4.38. The molecule has 0 aliphatic rings. The highest BCUT2D eigenvalue weighted by Crippen LogP contribution is 2.39. The van der Waals surface area contributed by atoms with Gasteiger partial charge in [-0.3, -0.25) is 0 Å². The summed E-state index contributed by atoms with van der Waals surface area (Å²) < 4.78 is 4.42. The highest BCUT2D eigenvalue weighted by molar-refractivity contribution is 6.11. The monoisotopic (exact) mass is 626 g/mol. The van der Waals surface area contributed by atoms with Crippen LogP contribution in [0.5, 0.6) is 5.75 Å². The summed E-state index contributed by atoms with van der Waals surface area (Å²) in [5, 5.41) is 35.0. The van der Waals surface area contributed by atoms with Crippen molar-refractivity contribution in [2.75, 3.05) is 0 Å². The zero-order valence-corrected chi connectivity index (χ0v) is 26.2. The first-order valence-electron chi connectivity index (χ1n) is 16.0. The minimum absolute atomic E-state index is 0.207. The quantitative estimate of drug-likeness (QED) is 0.211. The smallest absolute Gasteiger partial charge is 0.123 e. The van der Waals surface area contributed by atoms with Crippen molar-refractivity contribution in [3.63, 3.8) is 0 Å². The largest absolute Gasteiger partial charge is 0.507 e. The number of rotatable bonds is 4. The van der Waals surface area contributed by atoms with Gasteiger partial charge in [-0.15, -0.1) is 0 Å². The van der Waals surface area contributed by atoms with E-state index >= 15 is 0 Å². The van der Waals surface area contributed by atoms with Gasteiger partial charge in [-0.05, 0) is 77.9 Å². The van der Waals surface area contributed by atoms with Gasteiger partial charge in [-0.2, -0.15) is 10.5 Å². The molecule has 0 saturated heterocycles. The van der Waals surface area contributed by atoms with Crippen molar-refractivity contribution in [1.29, 1.82) is 10.5 Å². The third-order valence-corrected chi connectivity index (χ3v) is 9.49. The molecule has 0 saturated carbocycles. The summed E-state index contributed by atoms with van der Waals surface area (Å²) in [5.41, 5.74) is 10.7. The van der Waals surface area contributed by atoms with Crippen LogP contribution in [-0.4, -0.2) is 14.2 Å². The first-order chi connectivity index (χ1) is 24.1. The van der Waals surface area contributed by atoms with Crippen molar-refractivity contribution < 1.29 is 5.11 Å². The zero-order chi connectivity index (χ0) is 33.1. The minimum Gasteiger partial charge on any atom is -0.507 e. The maximum atomic E-state index is 11.1. The van der Waals surface area contributed by atoms with E-state index in [2.05, 4.69) is 94.1 Å². The second-order valence-corrected chi connectivity index (χ2v) is 12.2. The van der Waals surface area contributed by atoms with Crippen LogP contribution in [0.3, 0.4) is 0 Å². The Bertz CT molecular complexity index is 2810. The average Bonchev–Trinajstić information content (AvgIpc) is 3.67. The maximum absolute atomic E-state index is 11.1. The van der Waals surface area contributed by atoms with Gasteiger partial charge in [0, 0.05) is 38.4 Å². The van der Waals surface area contributed by atoms with Crippen LogP contribution in [0.1, 0.15) is 11.1 Å². The van der Waals surface area contributed by atoms with E-state index in [-0.39, 0.29) is 5.75 Å². The summed E-state index contributed by atoms with van der Waals surface area (Å²) in [4.78, 5) is 0. The van der Waals surface area contributed by atoms with Crippen molar-refractivity contribution >= 4 is 43.6 Å². The molecular formula is C44H26N4O.